The summed E-state index contributed by atoms with van der Waals surface area (Å²) in [5.74, 6) is 1.53. The second-order valence-corrected chi connectivity index (χ2v) is 7.74. The van der Waals surface area contributed by atoms with E-state index in [9.17, 15) is 10.2 Å². The Morgan fingerprint density at radius 1 is 1.15 bits per heavy atom. The van der Waals surface area contributed by atoms with Crippen LogP contribution in [0.25, 0.3) is 11.2 Å². The Bertz CT molecular complexity index is 938. The average Bonchev–Trinajstić information content (AvgIpc) is 3.21. The molecule has 4 rings (SSSR count). The van der Waals surface area contributed by atoms with Crippen molar-refractivity contribution in [3.05, 3.63) is 47.5 Å². The minimum Gasteiger partial charge on any atom is -0.387 e. The van der Waals surface area contributed by atoms with E-state index in [1.165, 1.54) is 12.7 Å². The molecule has 0 radical (unpaired) electrons. The van der Waals surface area contributed by atoms with Gasteiger partial charge < -0.3 is 20.7 Å². The predicted octanol–water partition coefficient (Wildman–Crippen LogP) is 1.61. The maximum absolute atomic E-state index is 10.5. The average molecular weight is 408 g/mol. The fraction of sp³-hybridized carbons (Fsp3) is 0.353. The van der Waals surface area contributed by atoms with E-state index in [2.05, 4.69) is 15.0 Å². The Morgan fingerprint density at radius 2 is 1.93 bits per heavy atom. The number of fused-ring (bicyclic) bond motifs is 1. The molecule has 1 aromatic carbocycles. The molecule has 4 atom stereocenters. The molecule has 1 aliphatic rings. The van der Waals surface area contributed by atoms with E-state index in [0.717, 1.165) is 11.3 Å². The largest absolute Gasteiger partial charge is 0.387 e. The Balaban J connectivity index is 1.44. The van der Waals surface area contributed by atoms with Gasteiger partial charge in [-0.2, -0.15) is 11.8 Å². The smallest absolute Gasteiger partial charge is 0.167 e. The van der Waals surface area contributed by atoms with Crippen LogP contribution in [0.1, 0.15) is 11.8 Å². The quantitative estimate of drug-likeness (QED) is 0.583. The molecule has 10 heteroatoms. The van der Waals surface area contributed by atoms with Crippen molar-refractivity contribution in [1.82, 2.24) is 19.5 Å². The molecule has 8 nitrogen and oxygen atoms in total. The first-order chi connectivity index (χ1) is 13.0. The number of hydrogen-bond donors (Lipinski definition) is 3. The third-order valence-electron chi connectivity index (χ3n) is 4.46. The zero-order chi connectivity index (χ0) is 19.0. The molecule has 0 spiro atoms. The molecule has 0 unspecified atom stereocenters. The van der Waals surface area contributed by atoms with Crippen LogP contribution in [0.4, 0.5) is 5.82 Å². The summed E-state index contributed by atoms with van der Waals surface area (Å²) in [4.78, 5) is 12.2. The second kappa shape index (κ2) is 7.61. The number of imidazole rings is 1. The highest BCUT2D eigenvalue weighted by Crippen LogP contribution is 2.33. The molecule has 1 saturated heterocycles. The van der Waals surface area contributed by atoms with Gasteiger partial charge in [0, 0.05) is 16.5 Å². The number of hydrogen-bond acceptors (Lipinski definition) is 8. The molecule has 1 aliphatic heterocycles. The van der Waals surface area contributed by atoms with Gasteiger partial charge in [0.2, 0.25) is 0 Å². The molecule has 2 aromatic heterocycles. The van der Waals surface area contributed by atoms with E-state index in [1.807, 2.05) is 24.3 Å². The number of anilines is 1. The number of aliphatic hydroxyl groups excluding tert-OH is 2. The van der Waals surface area contributed by atoms with Crippen LogP contribution in [0, 0.1) is 0 Å². The van der Waals surface area contributed by atoms with E-state index < -0.39 is 24.5 Å². The Morgan fingerprint density at radius 3 is 2.70 bits per heavy atom. The summed E-state index contributed by atoms with van der Waals surface area (Å²) in [6, 6.07) is 7.60. The number of ether oxygens (including phenoxy) is 1. The van der Waals surface area contributed by atoms with Gasteiger partial charge in [0.15, 0.2) is 17.7 Å². The third kappa shape index (κ3) is 3.61. The molecular weight excluding hydrogens is 390 g/mol. The SMILES string of the molecule is Nc1ncnc2c1ncn2[C@@H]1O[C@H](CSCc2ccc(Cl)cc2)[C@@H](O)[C@@H]1O. The standard InChI is InChI=1S/C17H18ClN5O3S/c18-10-3-1-9(2-4-10)5-27-6-11-13(24)14(25)17(26-11)23-8-22-12-15(19)20-7-21-16(12)23/h1-4,7-8,11,13-14,17,24-25H,5-6H2,(H2,19,20,21)/t11-,13-,14+,17-/m1/s1. The molecule has 0 saturated carbocycles. The number of nitrogens with zero attached hydrogens (tertiary/aromatic N) is 4. The van der Waals surface area contributed by atoms with Crippen LogP contribution >= 0.6 is 23.4 Å². The van der Waals surface area contributed by atoms with Crippen molar-refractivity contribution < 1.29 is 14.9 Å². The van der Waals surface area contributed by atoms with Crippen molar-refractivity contribution in [3.63, 3.8) is 0 Å². The lowest BCUT2D eigenvalue weighted by atomic mass is 10.1. The molecule has 3 aromatic rings. The van der Waals surface area contributed by atoms with Gasteiger partial charge in [-0.05, 0) is 17.7 Å². The highest BCUT2D eigenvalue weighted by Gasteiger charge is 2.44. The summed E-state index contributed by atoms with van der Waals surface area (Å²) in [6.45, 7) is 0. The van der Waals surface area contributed by atoms with Crippen LogP contribution in [-0.2, 0) is 10.5 Å². The van der Waals surface area contributed by atoms with E-state index in [4.69, 9.17) is 22.1 Å². The first kappa shape index (κ1) is 18.5. The second-order valence-electron chi connectivity index (χ2n) is 6.27. The molecule has 0 bridgehead atoms. The topological polar surface area (TPSA) is 119 Å². The molecule has 0 aliphatic carbocycles. The van der Waals surface area contributed by atoms with E-state index >= 15 is 0 Å². The zero-order valence-electron chi connectivity index (χ0n) is 14.1. The number of aromatic nitrogens is 4. The van der Waals surface area contributed by atoms with Gasteiger partial charge in [0.25, 0.3) is 0 Å². The number of benzene rings is 1. The van der Waals surface area contributed by atoms with Crippen LogP contribution in [0.3, 0.4) is 0 Å². The summed E-state index contributed by atoms with van der Waals surface area (Å²) >= 11 is 7.50. The lowest BCUT2D eigenvalue weighted by Crippen LogP contribution is -2.32. The Hall–Kier alpha value is -1.91. The van der Waals surface area contributed by atoms with Crippen molar-refractivity contribution in [2.24, 2.45) is 0 Å². The minimum absolute atomic E-state index is 0.252. The Kier molecular flexibility index (Phi) is 5.20. The number of thioether (sulfide) groups is 1. The van der Waals surface area contributed by atoms with Crippen molar-refractivity contribution in [2.75, 3.05) is 11.5 Å². The molecular formula is C17H18ClN5O3S. The molecule has 3 heterocycles. The van der Waals surface area contributed by atoms with Crippen LogP contribution < -0.4 is 5.73 Å². The van der Waals surface area contributed by atoms with Crippen LogP contribution in [-0.4, -0.2) is 53.8 Å². The third-order valence-corrected chi connectivity index (χ3v) is 5.82. The van der Waals surface area contributed by atoms with Gasteiger partial charge in [0.05, 0.1) is 12.4 Å². The van der Waals surface area contributed by atoms with Gasteiger partial charge in [-0.25, -0.2) is 15.0 Å². The molecule has 0 amide bonds. The number of nitrogens with two attached hydrogens (primary N) is 1. The maximum atomic E-state index is 10.5. The number of aliphatic hydroxyl groups is 2. The van der Waals surface area contributed by atoms with Gasteiger partial charge in [-0.1, -0.05) is 23.7 Å². The lowest BCUT2D eigenvalue weighted by Gasteiger charge is -2.16. The van der Waals surface area contributed by atoms with Crippen molar-refractivity contribution in [2.45, 2.75) is 30.3 Å². The number of halogens is 1. The van der Waals surface area contributed by atoms with Gasteiger partial charge in [-0.3, -0.25) is 4.57 Å². The molecule has 1 fully saturated rings. The monoisotopic (exact) mass is 407 g/mol. The molecule has 142 valence electrons. The van der Waals surface area contributed by atoms with E-state index in [-0.39, 0.29) is 5.82 Å². The molecule has 4 N–H and O–H groups in total. The van der Waals surface area contributed by atoms with E-state index in [0.29, 0.717) is 21.9 Å². The summed E-state index contributed by atoms with van der Waals surface area (Å²) in [6.07, 6.45) is -0.601. The summed E-state index contributed by atoms with van der Waals surface area (Å²) in [5, 5.41) is 21.5. The van der Waals surface area contributed by atoms with Gasteiger partial charge in [-0.15, -0.1) is 0 Å². The molecule has 27 heavy (non-hydrogen) atoms. The zero-order valence-corrected chi connectivity index (χ0v) is 15.7. The fourth-order valence-corrected chi connectivity index (χ4v) is 4.21. The first-order valence-electron chi connectivity index (χ1n) is 8.31. The van der Waals surface area contributed by atoms with Crippen LogP contribution in [0.2, 0.25) is 5.02 Å². The van der Waals surface area contributed by atoms with Crippen molar-refractivity contribution >= 4 is 40.3 Å². The van der Waals surface area contributed by atoms with Crippen molar-refractivity contribution in [1.29, 1.82) is 0 Å². The Labute approximate surface area is 164 Å². The van der Waals surface area contributed by atoms with Gasteiger partial charge >= 0.3 is 0 Å². The van der Waals surface area contributed by atoms with Crippen molar-refractivity contribution in [3.8, 4) is 0 Å². The van der Waals surface area contributed by atoms with Gasteiger partial charge in [0.1, 0.15) is 24.1 Å². The number of rotatable bonds is 5. The minimum atomic E-state index is -1.10. The summed E-state index contributed by atoms with van der Waals surface area (Å²) in [5.41, 5.74) is 7.81. The first-order valence-corrected chi connectivity index (χ1v) is 9.84. The normalized spacial score (nSPS) is 25.3. The van der Waals surface area contributed by atoms with Crippen LogP contribution in [0.15, 0.2) is 36.9 Å². The summed E-state index contributed by atoms with van der Waals surface area (Å²) < 4.78 is 7.49. The predicted molar refractivity (Wildman–Crippen MR) is 103 cm³/mol. The highest BCUT2D eigenvalue weighted by atomic mass is 35.5. The fourth-order valence-electron chi connectivity index (χ4n) is 3.03. The lowest BCUT2D eigenvalue weighted by molar-refractivity contribution is -0.0289. The maximum Gasteiger partial charge on any atom is 0.167 e. The number of nitrogen functional groups attached to an aromatic ring is 1. The van der Waals surface area contributed by atoms with Crippen LogP contribution in [0.5, 0.6) is 0 Å². The highest BCUT2D eigenvalue weighted by molar-refractivity contribution is 7.98. The summed E-state index contributed by atoms with van der Waals surface area (Å²) in [7, 11) is 0. The van der Waals surface area contributed by atoms with E-state index in [1.54, 1.807) is 16.3 Å².